The Bertz CT molecular complexity index is 1400. The Kier molecular flexibility index (Phi) is 5.50. The number of nitrogens with one attached hydrogen (secondary N) is 2. The fourth-order valence-electron chi connectivity index (χ4n) is 3.19. The number of fused-ring (bicyclic) bond motifs is 1. The first-order valence-electron chi connectivity index (χ1n) is 9.24. The molecule has 0 fully saturated rings. The minimum Gasteiger partial charge on any atom is -0.497 e. The van der Waals surface area contributed by atoms with Gasteiger partial charge in [-0.25, -0.2) is 4.57 Å². The zero-order chi connectivity index (χ0) is 22.0. The van der Waals surface area contributed by atoms with E-state index in [9.17, 15) is 9.59 Å². The van der Waals surface area contributed by atoms with Crippen molar-refractivity contribution in [3.05, 3.63) is 81.6 Å². The van der Waals surface area contributed by atoms with Gasteiger partial charge in [-0.15, -0.1) is 0 Å². The average Bonchev–Trinajstić information content (AvgIpc) is 2.79. The fraction of sp³-hybridized carbons (Fsp3) is 0.0909. The minimum atomic E-state index is -0.343. The van der Waals surface area contributed by atoms with Crippen LogP contribution in [0.3, 0.4) is 0 Å². The maximum atomic E-state index is 13.3. The lowest BCUT2D eigenvalue weighted by Gasteiger charge is -2.14. The van der Waals surface area contributed by atoms with E-state index in [-0.39, 0.29) is 16.2 Å². The molecule has 0 radical (unpaired) electrons. The number of H-pyrrole nitrogens is 1. The maximum Gasteiger partial charge on any atom is 0.266 e. The molecule has 0 saturated heterocycles. The molecule has 0 aliphatic carbocycles. The Labute approximate surface area is 182 Å². The normalized spacial score (nSPS) is 10.6. The van der Waals surface area contributed by atoms with E-state index in [1.54, 1.807) is 60.9 Å². The van der Waals surface area contributed by atoms with Gasteiger partial charge in [0.1, 0.15) is 11.5 Å². The minimum absolute atomic E-state index is 0.161. The second-order valence-corrected chi connectivity index (χ2v) is 6.95. The molecular formula is C22H18N4O4S. The Balaban J connectivity index is 1.80. The summed E-state index contributed by atoms with van der Waals surface area (Å²) in [7, 11) is 3.05. The van der Waals surface area contributed by atoms with Crippen molar-refractivity contribution in [3.8, 4) is 17.2 Å². The van der Waals surface area contributed by atoms with Crippen molar-refractivity contribution in [1.82, 2.24) is 14.5 Å². The van der Waals surface area contributed by atoms with E-state index in [4.69, 9.17) is 21.7 Å². The van der Waals surface area contributed by atoms with Crippen molar-refractivity contribution in [3.63, 3.8) is 0 Å². The van der Waals surface area contributed by atoms with Gasteiger partial charge in [0.2, 0.25) is 0 Å². The molecule has 1 amide bonds. The zero-order valence-electron chi connectivity index (χ0n) is 16.7. The average molecular weight is 434 g/mol. The first-order chi connectivity index (χ1) is 15.0. The van der Waals surface area contributed by atoms with E-state index in [2.05, 4.69) is 15.3 Å². The SMILES string of the molecule is COc1ccc(OC)c(-n2c(=S)[nH]c3cc(C(=O)Nc4cccnc4)ccc3c2=O)c1. The number of hydrogen-bond acceptors (Lipinski definition) is 6. The molecule has 4 aromatic rings. The Morgan fingerprint density at radius 2 is 1.97 bits per heavy atom. The Hall–Kier alpha value is -3.98. The number of hydrogen-bond donors (Lipinski definition) is 2. The standard InChI is InChI=1S/C22H18N4O4S/c1-29-15-6-8-19(30-2)18(11-15)26-21(28)16-7-5-13(10-17(16)25-22(26)31)20(27)24-14-4-3-9-23-12-14/h3-12H,1-2H3,(H,24,27)(H,25,31). The largest absolute Gasteiger partial charge is 0.497 e. The number of benzene rings is 2. The van der Waals surface area contributed by atoms with Crippen molar-refractivity contribution >= 4 is 34.7 Å². The molecule has 156 valence electrons. The second-order valence-electron chi connectivity index (χ2n) is 6.56. The number of pyridine rings is 1. The van der Waals surface area contributed by atoms with E-state index in [1.807, 2.05) is 0 Å². The number of aromatic amines is 1. The third-order valence-electron chi connectivity index (χ3n) is 4.71. The van der Waals surface area contributed by atoms with Crippen molar-refractivity contribution in [2.45, 2.75) is 0 Å². The summed E-state index contributed by atoms with van der Waals surface area (Å²) in [5, 5.41) is 3.13. The molecule has 0 saturated carbocycles. The summed E-state index contributed by atoms with van der Waals surface area (Å²) in [6.07, 6.45) is 3.17. The van der Waals surface area contributed by atoms with Crippen LogP contribution in [-0.4, -0.2) is 34.7 Å². The molecule has 0 atom stereocenters. The van der Waals surface area contributed by atoms with Crippen molar-refractivity contribution < 1.29 is 14.3 Å². The van der Waals surface area contributed by atoms with Crippen LogP contribution in [0.25, 0.3) is 16.6 Å². The fourth-order valence-corrected chi connectivity index (χ4v) is 3.48. The quantitative estimate of drug-likeness (QED) is 0.465. The maximum absolute atomic E-state index is 13.3. The number of methoxy groups -OCH3 is 2. The molecule has 2 aromatic heterocycles. The predicted molar refractivity (Wildman–Crippen MR) is 120 cm³/mol. The second kappa shape index (κ2) is 8.41. The zero-order valence-corrected chi connectivity index (χ0v) is 17.5. The Morgan fingerprint density at radius 3 is 2.68 bits per heavy atom. The topological polar surface area (TPSA) is 98.2 Å². The van der Waals surface area contributed by atoms with E-state index in [0.717, 1.165) is 0 Å². The molecule has 0 aliphatic heterocycles. The highest BCUT2D eigenvalue weighted by atomic mass is 32.1. The van der Waals surface area contributed by atoms with E-state index in [0.29, 0.717) is 39.3 Å². The third kappa shape index (κ3) is 3.90. The van der Waals surface area contributed by atoms with Crippen LogP contribution in [-0.2, 0) is 0 Å². The molecule has 0 bridgehead atoms. The molecule has 0 spiro atoms. The summed E-state index contributed by atoms with van der Waals surface area (Å²) in [6, 6.07) is 13.3. The van der Waals surface area contributed by atoms with Crippen LogP contribution in [0.15, 0.2) is 65.7 Å². The van der Waals surface area contributed by atoms with Crippen molar-refractivity contribution in [1.29, 1.82) is 0 Å². The van der Waals surface area contributed by atoms with Gasteiger partial charge in [0, 0.05) is 17.8 Å². The summed E-state index contributed by atoms with van der Waals surface area (Å²) in [5.41, 5.74) is 1.50. The first kappa shape index (κ1) is 20.3. The highest BCUT2D eigenvalue weighted by molar-refractivity contribution is 7.71. The van der Waals surface area contributed by atoms with E-state index < -0.39 is 0 Å². The summed E-state index contributed by atoms with van der Waals surface area (Å²) in [6.45, 7) is 0. The number of aromatic nitrogens is 3. The van der Waals surface area contributed by atoms with Gasteiger partial charge in [-0.3, -0.25) is 14.6 Å². The van der Waals surface area contributed by atoms with Crippen LogP contribution in [0.1, 0.15) is 10.4 Å². The van der Waals surface area contributed by atoms with Crippen LogP contribution < -0.4 is 20.3 Å². The number of carbonyl (C=O) groups excluding carboxylic acids is 1. The van der Waals surface area contributed by atoms with Crippen LogP contribution in [0, 0.1) is 4.77 Å². The van der Waals surface area contributed by atoms with Crippen LogP contribution in [0.2, 0.25) is 0 Å². The first-order valence-corrected chi connectivity index (χ1v) is 9.65. The number of rotatable bonds is 5. The molecule has 31 heavy (non-hydrogen) atoms. The van der Waals surface area contributed by atoms with Gasteiger partial charge < -0.3 is 19.8 Å². The van der Waals surface area contributed by atoms with Crippen LogP contribution >= 0.6 is 12.2 Å². The highest BCUT2D eigenvalue weighted by Crippen LogP contribution is 2.27. The van der Waals surface area contributed by atoms with Crippen LogP contribution in [0.5, 0.6) is 11.5 Å². The van der Waals surface area contributed by atoms with Gasteiger partial charge in [0.25, 0.3) is 11.5 Å². The van der Waals surface area contributed by atoms with Gasteiger partial charge in [0.05, 0.1) is 42.7 Å². The number of amides is 1. The number of anilines is 1. The van der Waals surface area contributed by atoms with Gasteiger partial charge in [0.15, 0.2) is 4.77 Å². The summed E-state index contributed by atoms with van der Waals surface area (Å²) < 4.78 is 12.2. The molecule has 8 nitrogen and oxygen atoms in total. The molecule has 2 N–H and O–H groups in total. The van der Waals surface area contributed by atoms with Gasteiger partial charge in [-0.2, -0.15) is 0 Å². The number of nitrogens with zero attached hydrogens (tertiary/aromatic N) is 2. The lowest BCUT2D eigenvalue weighted by molar-refractivity contribution is 0.102. The number of carbonyl (C=O) groups is 1. The molecule has 9 heteroatoms. The molecule has 0 unspecified atom stereocenters. The van der Waals surface area contributed by atoms with Gasteiger partial charge >= 0.3 is 0 Å². The summed E-state index contributed by atoms with van der Waals surface area (Å²) in [4.78, 5) is 32.8. The number of ether oxygens (including phenoxy) is 2. The van der Waals surface area contributed by atoms with E-state index >= 15 is 0 Å². The summed E-state index contributed by atoms with van der Waals surface area (Å²) in [5.74, 6) is 0.696. The molecule has 2 heterocycles. The third-order valence-corrected chi connectivity index (χ3v) is 4.99. The Morgan fingerprint density at radius 1 is 1.13 bits per heavy atom. The van der Waals surface area contributed by atoms with Gasteiger partial charge in [-0.1, -0.05) is 0 Å². The van der Waals surface area contributed by atoms with Crippen molar-refractivity contribution in [2.24, 2.45) is 0 Å². The molecule has 2 aromatic carbocycles. The lowest BCUT2D eigenvalue weighted by atomic mass is 10.1. The molecule has 0 aliphatic rings. The predicted octanol–water partition coefficient (Wildman–Crippen LogP) is 3.71. The lowest BCUT2D eigenvalue weighted by Crippen LogP contribution is -2.21. The van der Waals surface area contributed by atoms with Crippen molar-refractivity contribution in [2.75, 3.05) is 19.5 Å². The summed E-state index contributed by atoms with van der Waals surface area (Å²) >= 11 is 5.45. The monoisotopic (exact) mass is 434 g/mol. The smallest absolute Gasteiger partial charge is 0.266 e. The van der Waals surface area contributed by atoms with E-state index in [1.165, 1.54) is 18.8 Å². The highest BCUT2D eigenvalue weighted by Gasteiger charge is 2.15. The van der Waals surface area contributed by atoms with Crippen LogP contribution in [0.4, 0.5) is 5.69 Å². The molecular weight excluding hydrogens is 416 g/mol. The van der Waals surface area contributed by atoms with Gasteiger partial charge in [-0.05, 0) is 54.7 Å². The molecule has 4 rings (SSSR count).